The van der Waals surface area contributed by atoms with Crippen LogP contribution in [0.3, 0.4) is 0 Å². The lowest BCUT2D eigenvalue weighted by Gasteiger charge is -2.32. The number of nitrogens with zero attached hydrogens (tertiary/aromatic N) is 2. The molecule has 0 radical (unpaired) electrons. The van der Waals surface area contributed by atoms with E-state index >= 15 is 0 Å². The lowest BCUT2D eigenvalue weighted by Crippen LogP contribution is -2.39. The van der Waals surface area contributed by atoms with Gasteiger partial charge in [-0.3, -0.25) is 9.78 Å². The maximum atomic E-state index is 13.0. The Morgan fingerprint density at radius 1 is 0.970 bits per heavy atom. The molecule has 3 aromatic rings. The number of ether oxygens (including phenoxy) is 2. The fourth-order valence-electron chi connectivity index (χ4n) is 5.16. The topological polar surface area (TPSA) is 51.7 Å². The highest BCUT2D eigenvalue weighted by Crippen LogP contribution is 2.34. The quantitative estimate of drug-likeness (QED) is 0.492. The molecule has 1 aromatic heterocycles. The number of hydrogen-bond acceptors (Lipinski definition) is 4. The minimum Gasteiger partial charge on any atom is -0.493 e. The summed E-state index contributed by atoms with van der Waals surface area (Å²) in [4.78, 5) is 19.4. The summed E-state index contributed by atoms with van der Waals surface area (Å²) in [5.74, 6) is 2.29. The molecule has 2 heterocycles. The molecule has 0 bridgehead atoms. The van der Waals surface area contributed by atoms with Crippen LogP contribution in [-0.2, 0) is 6.42 Å². The first-order chi connectivity index (χ1) is 16.2. The van der Waals surface area contributed by atoms with Crippen LogP contribution in [-0.4, -0.2) is 42.1 Å². The summed E-state index contributed by atoms with van der Waals surface area (Å²) in [5, 5.41) is 2.12. The van der Waals surface area contributed by atoms with Crippen LogP contribution in [0.15, 0.2) is 54.7 Å². The van der Waals surface area contributed by atoms with Gasteiger partial charge in [0, 0.05) is 24.7 Å². The first-order valence-corrected chi connectivity index (χ1v) is 12.2. The van der Waals surface area contributed by atoms with Crippen molar-refractivity contribution in [2.24, 2.45) is 5.92 Å². The van der Waals surface area contributed by atoms with Crippen molar-refractivity contribution < 1.29 is 14.3 Å². The predicted octanol–water partition coefficient (Wildman–Crippen LogP) is 5.66. The van der Waals surface area contributed by atoms with Crippen molar-refractivity contribution >= 4 is 16.7 Å². The minimum absolute atomic E-state index is 0.0379. The molecular weight excluding hydrogens is 412 g/mol. The van der Waals surface area contributed by atoms with Crippen LogP contribution in [0, 0.1) is 5.92 Å². The molecule has 1 aliphatic heterocycles. The van der Waals surface area contributed by atoms with Crippen LogP contribution in [0.4, 0.5) is 0 Å². The number of likely N-dealkylation sites (tertiary alicyclic amines) is 1. The van der Waals surface area contributed by atoms with Crippen molar-refractivity contribution in [3.63, 3.8) is 0 Å². The molecule has 5 rings (SSSR count). The van der Waals surface area contributed by atoms with Gasteiger partial charge >= 0.3 is 0 Å². The summed E-state index contributed by atoms with van der Waals surface area (Å²) in [5.41, 5.74) is 1.82. The lowest BCUT2D eigenvalue weighted by molar-refractivity contribution is 0.0685. The molecule has 2 aliphatic rings. The zero-order valence-corrected chi connectivity index (χ0v) is 19.3. The molecule has 5 nitrogen and oxygen atoms in total. The second-order valence-electron chi connectivity index (χ2n) is 9.37. The molecule has 0 N–H and O–H groups in total. The Bertz CT molecular complexity index is 1120. The van der Waals surface area contributed by atoms with Crippen LogP contribution in [0.25, 0.3) is 10.8 Å². The Morgan fingerprint density at radius 2 is 1.73 bits per heavy atom. The zero-order chi connectivity index (χ0) is 22.6. The van der Waals surface area contributed by atoms with Crippen LogP contribution in [0.2, 0.25) is 0 Å². The summed E-state index contributed by atoms with van der Waals surface area (Å²) >= 11 is 0. The molecule has 0 spiro atoms. The molecule has 1 amide bonds. The maximum Gasteiger partial charge on any atom is 0.272 e. The number of hydrogen-bond donors (Lipinski definition) is 0. The standard InChI is InChI=1S/C28H32N2O3/c1-32-26-11-10-21(17-27(26)33-24-8-4-5-9-24)16-20-12-14-30(15-13-20)28(31)25-18-22-6-2-3-7-23(22)19-29-25/h2-3,6-7,10-11,17-20,24H,4-5,8-9,12-16H2,1H3. The Balaban J connectivity index is 1.20. The molecule has 33 heavy (non-hydrogen) atoms. The van der Waals surface area contributed by atoms with Gasteiger partial charge in [0.1, 0.15) is 5.69 Å². The van der Waals surface area contributed by atoms with E-state index < -0.39 is 0 Å². The molecule has 0 unspecified atom stereocenters. The van der Waals surface area contributed by atoms with Crippen molar-refractivity contribution in [3.8, 4) is 11.5 Å². The Hall–Kier alpha value is -3.08. The van der Waals surface area contributed by atoms with E-state index in [0.717, 1.165) is 67.5 Å². The normalized spacial score (nSPS) is 17.4. The molecule has 2 aromatic carbocycles. The summed E-state index contributed by atoms with van der Waals surface area (Å²) in [6.07, 6.45) is 9.88. The maximum absolute atomic E-state index is 13.0. The summed E-state index contributed by atoms with van der Waals surface area (Å²) < 4.78 is 11.8. The summed E-state index contributed by atoms with van der Waals surface area (Å²) in [6.45, 7) is 1.55. The number of rotatable bonds is 6. The fourth-order valence-corrected chi connectivity index (χ4v) is 5.16. The van der Waals surface area contributed by atoms with E-state index in [4.69, 9.17) is 9.47 Å². The average Bonchev–Trinajstić information content (AvgIpc) is 3.37. The van der Waals surface area contributed by atoms with E-state index in [1.165, 1.54) is 18.4 Å². The molecule has 1 saturated heterocycles. The van der Waals surface area contributed by atoms with Gasteiger partial charge in [0.05, 0.1) is 13.2 Å². The van der Waals surface area contributed by atoms with E-state index in [0.29, 0.717) is 17.7 Å². The monoisotopic (exact) mass is 444 g/mol. The number of fused-ring (bicyclic) bond motifs is 1. The second kappa shape index (κ2) is 9.82. The van der Waals surface area contributed by atoms with Crippen molar-refractivity contribution in [2.45, 2.75) is 51.0 Å². The number of carbonyl (C=O) groups excluding carboxylic acids is 1. The third-order valence-electron chi connectivity index (χ3n) is 7.10. The van der Waals surface area contributed by atoms with E-state index in [1.807, 2.05) is 41.3 Å². The van der Waals surface area contributed by atoms with E-state index in [9.17, 15) is 4.79 Å². The number of methoxy groups -OCH3 is 1. The van der Waals surface area contributed by atoms with Gasteiger partial charge in [0.2, 0.25) is 0 Å². The number of amides is 1. The largest absolute Gasteiger partial charge is 0.493 e. The van der Waals surface area contributed by atoms with Gasteiger partial charge in [-0.25, -0.2) is 0 Å². The van der Waals surface area contributed by atoms with Crippen molar-refractivity contribution in [1.29, 1.82) is 0 Å². The van der Waals surface area contributed by atoms with Crippen LogP contribution in [0.1, 0.15) is 54.6 Å². The van der Waals surface area contributed by atoms with Crippen LogP contribution >= 0.6 is 0 Å². The van der Waals surface area contributed by atoms with E-state index in [1.54, 1.807) is 13.3 Å². The van der Waals surface area contributed by atoms with Crippen molar-refractivity contribution in [1.82, 2.24) is 9.88 Å². The highest BCUT2D eigenvalue weighted by atomic mass is 16.5. The number of piperidine rings is 1. The molecule has 172 valence electrons. The summed E-state index contributed by atoms with van der Waals surface area (Å²) in [6, 6.07) is 16.3. The van der Waals surface area contributed by atoms with Crippen LogP contribution in [0.5, 0.6) is 11.5 Å². The zero-order valence-electron chi connectivity index (χ0n) is 19.3. The first-order valence-electron chi connectivity index (χ1n) is 12.2. The molecule has 2 fully saturated rings. The van der Waals surface area contributed by atoms with Gasteiger partial charge in [0.15, 0.2) is 11.5 Å². The second-order valence-corrected chi connectivity index (χ2v) is 9.37. The highest BCUT2D eigenvalue weighted by Gasteiger charge is 2.25. The number of benzene rings is 2. The van der Waals surface area contributed by atoms with Gasteiger partial charge in [0.25, 0.3) is 5.91 Å². The number of carbonyl (C=O) groups is 1. The van der Waals surface area contributed by atoms with E-state index in [-0.39, 0.29) is 5.91 Å². The van der Waals surface area contributed by atoms with Gasteiger partial charge in [-0.1, -0.05) is 30.3 Å². The average molecular weight is 445 g/mol. The van der Waals surface area contributed by atoms with Gasteiger partial charge in [-0.05, 0) is 80.0 Å². The Kier molecular flexibility index (Phi) is 6.47. The number of aromatic nitrogens is 1. The van der Waals surface area contributed by atoms with Crippen LogP contribution < -0.4 is 9.47 Å². The van der Waals surface area contributed by atoms with Crippen molar-refractivity contribution in [2.75, 3.05) is 20.2 Å². The molecule has 1 saturated carbocycles. The number of pyridine rings is 1. The van der Waals surface area contributed by atoms with Gasteiger partial charge in [-0.15, -0.1) is 0 Å². The molecular formula is C28H32N2O3. The van der Waals surface area contributed by atoms with E-state index in [2.05, 4.69) is 17.1 Å². The highest BCUT2D eigenvalue weighted by molar-refractivity contribution is 5.96. The molecule has 1 aliphatic carbocycles. The Labute approximate surface area is 195 Å². The summed E-state index contributed by atoms with van der Waals surface area (Å²) in [7, 11) is 1.70. The lowest BCUT2D eigenvalue weighted by atomic mass is 9.90. The third-order valence-corrected chi connectivity index (χ3v) is 7.10. The smallest absolute Gasteiger partial charge is 0.272 e. The predicted molar refractivity (Wildman–Crippen MR) is 130 cm³/mol. The molecule has 0 atom stereocenters. The van der Waals surface area contributed by atoms with Gasteiger partial charge in [-0.2, -0.15) is 0 Å². The van der Waals surface area contributed by atoms with Crippen molar-refractivity contribution in [3.05, 3.63) is 66.0 Å². The third kappa shape index (κ3) is 4.97. The minimum atomic E-state index is 0.0379. The Morgan fingerprint density at radius 3 is 2.48 bits per heavy atom. The SMILES string of the molecule is COc1ccc(CC2CCN(C(=O)c3cc4ccccc4cn3)CC2)cc1OC1CCCC1. The fraction of sp³-hybridized carbons (Fsp3) is 0.429. The van der Waals surface area contributed by atoms with Gasteiger partial charge < -0.3 is 14.4 Å². The molecule has 5 heteroatoms. The first kappa shape index (κ1) is 21.7.